The summed E-state index contributed by atoms with van der Waals surface area (Å²) in [5.74, 6) is -0.797. The van der Waals surface area contributed by atoms with Crippen LogP contribution in [0.3, 0.4) is 0 Å². The van der Waals surface area contributed by atoms with Gasteiger partial charge in [0.15, 0.2) is 0 Å². The summed E-state index contributed by atoms with van der Waals surface area (Å²) in [4.78, 5) is 11.1. The molecule has 1 N–H and O–H groups in total. The van der Waals surface area contributed by atoms with E-state index in [4.69, 9.17) is 9.84 Å². The molecule has 1 aromatic heterocycles. The molecule has 0 spiro atoms. The average molecular weight is 195 g/mol. The largest absolute Gasteiger partial charge is 0.481 e. The number of ether oxygens (including phenoxy) is 1. The lowest BCUT2D eigenvalue weighted by Crippen LogP contribution is -2.36. The summed E-state index contributed by atoms with van der Waals surface area (Å²) in [6.45, 7) is 2.48. The molecule has 4 heteroatoms. The van der Waals surface area contributed by atoms with Crippen molar-refractivity contribution in [2.24, 2.45) is 5.41 Å². The summed E-state index contributed by atoms with van der Waals surface area (Å²) in [5.41, 5.74) is -0.807. The van der Waals surface area contributed by atoms with E-state index in [1.165, 1.54) is 0 Å². The van der Waals surface area contributed by atoms with Gasteiger partial charge < -0.3 is 14.4 Å². The zero-order chi connectivity index (χ0) is 10.2. The highest BCUT2D eigenvalue weighted by Crippen LogP contribution is 2.37. The van der Waals surface area contributed by atoms with Gasteiger partial charge in [-0.3, -0.25) is 4.79 Å². The van der Waals surface area contributed by atoms with Crippen LogP contribution in [0.15, 0.2) is 24.5 Å². The molecule has 2 unspecified atom stereocenters. The van der Waals surface area contributed by atoms with Crippen LogP contribution in [0.1, 0.15) is 13.0 Å². The Hall–Kier alpha value is -1.29. The number of aromatic nitrogens is 1. The molecule has 1 aliphatic heterocycles. The van der Waals surface area contributed by atoms with Gasteiger partial charge in [-0.05, 0) is 19.1 Å². The summed E-state index contributed by atoms with van der Waals surface area (Å²) in [6, 6.07) is 3.68. The smallest absolute Gasteiger partial charge is 0.313 e. The molecular weight excluding hydrogens is 182 g/mol. The highest BCUT2D eigenvalue weighted by molar-refractivity contribution is 5.75. The van der Waals surface area contributed by atoms with E-state index >= 15 is 0 Å². The maximum Gasteiger partial charge on any atom is 0.313 e. The fraction of sp³-hybridized carbons (Fsp3) is 0.500. The molecule has 0 radical (unpaired) electrons. The van der Waals surface area contributed by atoms with Crippen LogP contribution in [0, 0.1) is 5.41 Å². The Labute approximate surface area is 82.1 Å². The number of carbonyl (C=O) groups is 1. The highest BCUT2D eigenvalue weighted by Gasteiger charge is 2.47. The number of rotatable bonds is 2. The fourth-order valence-corrected chi connectivity index (χ4v) is 1.84. The van der Waals surface area contributed by atoms with Crippen molar-refractivity contribution < 1.29 is 14.6 Å². The van der Waals surface area contributed by atoms with Crippen LogP contribution >= 0.6 is 0 Å². The Bertz CT molecular complexity index is 333. The minimum Gasteiger partial charge on any atom is -0.481 e. The van der Waals surface area contributed by atoms with Gasteiger partial charge in [-0.2, -0.15) is 0 Å². The third kappa shape index (κ3) is 1.23. The van der Waals surface area contributed by atoms with Crippen molar-refractivity contribution in [3.8, 4) is 0 Å². The minimum atomic E-state index is -0.807. The van der Waals surface area contributed by atoms with E-state index in [1.54, 1.807) is 6.92 Å². The molecule has 2 heterocycles. The second-order valence-electron chi connectivity index (χ2n) is 3.88. The van der Waals surface area contributed by atoms with E-state index in [1.807, 2.05) is 29.1 Å². The van der Waals surface area contributed by atoms with Crippen molar-refractivity contribution in [3.05, 3.63) is 24.5 Å². The molecule has 14 heavy (non-hydrogen) atoms. The molecule has 0 amide bonds. The molecule has 1 aliphatic rings. The third-order valence-corrected chi connectivity index (χ3v) is 2.89. The number of carboxylic acid groups (broad SMARTS) is 1. The summed E-state index contributed by atoms with van der Waals surface area (Å²) in [7, 11) is 0. The molecule has 2 rings (SSSR count). The van der Waals surface area contributed by atoms with Crippen molar-refractivity contribution in [2.45, 2.75) is 13.0 Å². The van der Waals surface area contributed by atoms with Gasteiger partial charge in [0.2, 0.25) is 0 Å². The molecule has 2 atom stereocenters. The maximum absolute atomic E-state index is 11.1. The fourth-order valence-electron chi connectivity index (χ4n) is 1.84. The molecule has 1 saturated heterocycles. The van der Waals surface area contributed by atoms with Crippen LogP contribution in [0.25, 0.3) is 0 Å². The van der Waals surface area contributed by atoms with Crippen molar-refractivity contribution in [3.63, 3.8) is 0 Å². The van der Waals surface area contributed by atoms with Crippen LogP contribution in [-0.4, -0.2) is 28.9 Å². The number of nitrogens with zero attached hydrogens (tertiary/aromatic N) is 1. The Morgan fingerprint density at radius 2 is 2.21 bits per heavy atom. The van der Waals surface area contributed by atoms with Gasteiger partial charge in [0.25, 0.3) is 0 Å². The molecular formula is C10H13NO3. The van der Waals surface area contributed by atoms with Gasteiger partial charge in [-0.25, -0.2) is 0 Å². The monoisotopic (exact) mass is 195 g/mol. The first-order chi connectivity index (χ1) is 6.64. The lowest BCUT2D eigenvalue weighted by atomic mass is 9.85. The number of aliphatic carboxylic acids is 1. The van der Waals surface area contributed by atoms with E-state index in [0.29, 0.717) is 6.61 Å². The Kier molecular flexibility index (Phi) is 2.07. The zero-order valence-corrected chi connectivity index (χ0v) is 8.01. The topological polar surface area (TPSA) is 51.5 Å². The standard InChI is InChI=1S/C10H13NO3/c1-10(9(12)13)7-14-6-8(10)11-4-2-3-5-11/h2-5,8H,6-7H2,1H3,(H,12,13). The van der Waals surface area contributed by atoms with Gasteiger partial charge in [-0.15, -0.1) is 0 Å². The highest BCUT2D eigenvalue weighted by atomic mass is 16.5. The number of hydrogen-bond acceptors (Lipinski definition) is 2. The van der Waals surface area contributed by atoms with E-state index in [-0.39, 0.29) is 12.6 Å². The van der Waals surface area contributed by atoms with Crippen molar-refractivity contribution >= 4 is 5.97 Å². The van der Waals surface area contributed by atoms with Crippen molar-refractivity contribution in [2.75, 3.05) is 13.2 Å². The van der Waals surface area contributed by atoms with Gasteiger partial charge in [0.1, 0.15) is 5.41 Å². The van der Waals surface area contributed by atoms with Gasteiger partial charge in [0.05, 0.1) is 19.3 Å². The lowest BCUT2D eigenvalue weighted by molar-refractivity contribution is -0.149. The second kappa shape index (κ2) is 3.13. The van der Waals surface area contributed by atoms with Gasteiger partial charge in [-0.1, -0.05) is 0 Å². The van der Waals surface area contributed by atoms with Crippen molar-refractivity contribution in [1.29, 1.82) is 0 Å². The SMILES string of the molecule is CC1(C(=O)O)COCC1n1cccc1. The first-order valence-corrected chi connectivity index (χ1v) is 4.58. The number of carboxylic acids is 1. The molecule has 1 aromatic rings. The van der Waals surface area contributed by atoms with E-state index in [9.17, 15) is 4.79 Å². The first kappa shape index (κ1) is 9.27. The predicted molar refractivity (Wildman–Crippen MR) is 50.0 cm³/mol. The van der Waals surface area contributed by atoms with Crippen LogP contribution in [0.2, 0.25) is 0 Å². The second-order valence-corrected chi connectivity index (χ2v) is 3.88. The first-order valence-electron chi connectivity index (χ1n) is 4.58. The molecule has 76 valence electrons. The summed E-state index contributed by atoms with van der Waals surface area (Å²) in [5, 5.41) is 9.15. The van der Waals surface area contributed by atoms with Crippen LogP contribution in [0.4, 0.5) is 0 Å². The minimum absolute atomic E-state index is 0.102. The molecule has 0 aromatic carbocycles. The van der Waals surface area contributed by atoms with Crippen molar-refractivity contribution in [1.82, 2.24) is 4.57 Å². The molecule has 0 aliphatic carbocycles. The Balaban J connectivity index is 2.32. The lowest BCUT2D eigenvalue weighted by Gasteiger charge is -2.25. The summed E-state index contributed by atoms with van der Waals surface area (Å²) >= 11 is 0. The third-order valence-electron chi connectivity index (χ3n) is 2.89. The Morgan fingerprint density at radius 1 is 1.57 bits per heavy atom. The molecule has 0 saturated carbocycles. The summed E-state index contributed by atoms with van der Waals surface area (Å²) in [6.07, 6.45) is 3.75. The Morgan fingerprint density at radius 3 is 2.79 bits per heavy atom. The maximum atomic E-state index is 11.1. The van der Waals surface area contributed by atoms with Crippen LogP contribution in [-0.2, 0) is 9.53 Å². The van der Waals surface area contributed by atoms with Gasteiger partial charge >= 0.3 is 5.97 Å². The van der Waals surface area contributed by atoms with Crippen LogP contribution in [0.5, 0.6) is 0 Å². The quantitative estimate of drug-likeness (QED) is 0.770. The van der Waals surface area contributed by atoms with E-state index in [0.717, 1.165) is 0 Å². The molecule has 4 nitrogen and oxygen atoms in total. The van der Waals surface area contributed by atoms with Crippen LogP contribution < -0.4 is 0 Å². The molecule has 0 bridgehead atoms. The average Bonchev–Trinajstić information content (AvgIpc) is 2.72. The predicted octanol–water partition coefficient (Wildman–Crippen LogP) is 1.15. The normalized spacial score (nSPS) is 31.9. The van der Waals surface area contributed by atoms with E-state index < -0.39 is 11.4 Å². The van der Waals surface area contributed by atoms with Gasteiger partial charge in [0, 0.05) is 12.4 Å². The zero-order valence-electron chi connectivity index (χ0n) is 8.01. The summed E-state index contributed by atoms with van der Waals surface area (Å²) < 4.78 is 7.16. The van der Waals surface area contributed by atoms with E-state index in [2.05, 4.69) is 0 Å². The molecule has 1 fully saturated rings. The number of hydrogen-bond donors (Lipinski definition) is 1.